The zero-order valence-corrected chi connectivity index (χ0v) is 14.3. The van der Waals surface area contributed by atoms with Crippen LogP contribution < -0.4 is 5.32 Å². The summed E-state index contributed by atoms with van der Waals surface area (Å²) >= 11 is 0. The van der Waals surface area contributed by atoms with Gasteiger partial charge in [-0.05, 0) is 58.3 Å². The largest absolute Gasteiger partial charge is 0.368 e. The van der Waals surface area contributed by atoms with E-state index in [1.165, 1.54) is 31.5 Å². The van der Waals surface area contributed by atoms with E-state index in [9.17, 15) is 0 Å². The normalized spacial score (nSPS) is 16.7. The molecule has 1 unspecified atom stereocenters. The van der Waals surface area contributed by atoms with E-state index in [0.717, 1.165) is 17.2 Å². The van der Waals surface area contributed by atoms with Gasteiger partial charge in [-0.3, -0.25) is 4.90 Å². The molecule has 2 aromatic rings. The first-order valence-electron chi connectivity index (χ1n) is 8.57. The zero-order valence-electron chi connectivity index (χ0n) is 14.3. The van der Waals surface area contributed by atoms with Crippen LogP contribution in [0.2, 0.25) is 0 Å². The molecule has 1 aliphatic rings. The van der Waals surface area contributed by atoms with Crippen molar-refractivity contribution in [2.24, 2.45) is 0 Å². The fourth-order valence-electron chi connectivity index (χ4n) is 3.12. The SMILES string of the molecule is CC(C)Nc1ccnc(-c2ccc(C(C)N3CCCC3)cc2)n1. The van der Waals surface area contributed by atoms with Gasteiger partial charge in [0.2, 0.25) is 0 Å². The lowest BCUT2D eigenvalue weighted by Gasteiger charge is -2.24. The van der Waals surface area contributed by atoms with Crippen molar-refractivity contribution in [1.82, 2.24) is 14.9 Å². The smallest absolute Gasteiger partial charge is 0.161 e. The summed E-state index contributed by atoms with van der Waals surface area (Å²) in [4.78, 5) is 11.6. The van der Waals surface area contributed by atoms with Crippen LogP contribution in [0.3, 0.4) is 0 Å². The molecule has 0 amide bonds. The Bertz CT molecular complexity index is 630. The molecule has 1 aliphatic heterocycles. The number of likely N-dealkylation sites (tertiary alicyclic amines) is 1. The van der Waals surface area contributed by atoms with Crippen LogP contribution >= 0.6 is 0 Å². The summed E-state index contributed by atoms with van der Waals surface area (Å²) in [7, 11) is 0. The Kier molecular flexibility index (Phi) is 4.91. The molecule has 1 atom stereocenters. The molecule has 0 aliphatic carbocycles. The van der Waals surface area contributed by atoms with E-state index in [2.05, 4.69) is 65.2 Å². The van der Waals surface area contributed by atoms with E-state index < -0.39 is 0 Å². The molecule has 122 valence electrons. The predicted molar refractivity (Wildman–Crippen MR) is 95.4 cm³/mol. The molecule has 1 aromatic carbocycles. The van der Waals surface area contributed by atoms with Gasteiger partial charge < -0.3 is 5.32 Å². The third kappa shape index (κ3) is 3.88. The highest BCUT2D eigenvalue weighted by atomic mass is 15.2. The second-order valence-electron chi connectivity index (χ2n) is 6.61. The van der Waals surface area contributed by atoms with Gasteiger partial charge in [0.05, 0.1) is 0 Å². The molecular weight excluding hydrogens is 284 g/mol. The number of aromatic nitrogens is 2. The third-order valence-electron chi connectivity index (χ3n) is 4.43. The number of nitrogens with zero attached hydrogens (tertiary/aromatic N) is 3. The number of rotatable bonds is 5. The Morgan fingerprint density at radius 3 is 2.35 bits per heavy atom. The van der Waals surface area contributed by atoms with Crippen LogP contribution in [-0.4, -0.2) is 34.0 Å². The summed E-state index contributed by atoms with van der Waals surface area (Å²) in [5.41, 5.74) is 2.43. The highest BCUT2D eigenvalue weighted by molar-refractivity contribution is 5.57. The lowest BCUT2D eigenvalue weighted by Crippen LogP contribution is -2.23. The molecule has 1 N–H and O–H groups in total. The topological polar surface area (TPSA) is 41.1 Å². The minimum absolute atomic E-state index is 0.362. The number of anilines is 1. The van der Waals surface area contributed by atoms with Crippen LogP contribution in [0.1, 0.15) is 45.2 Å². The molecule has 4 heteroatoms. The molecule has 2 heterocycles. The Balaban J connectivity index is 1.76. The van der Waals surface area contributed by atoms with Gasteiger partial charge in [0.25, 0.3) is 0 Å². The summed E-state index contributed by atoms with van der Waals surface area (Å²) in [6.07, 6.45) is 4.46. The Morgan fingerprint density at radius 1 is 1.00 bits per heavy atom. The molecule has 1 aromatic heterocycles. The summed E-state index contributed by atoms with van der Waals surface area (Å²) in [6, 6.07) is 11.5. The molecule has 0 saturated carbocycles. The fraction of sp³-hybridized carbons (Fsp3) is 0.474. The van der Waals surface area contributed by atoms with E-state index in [4.69, 9.17) is 0 Å². The van der Waals surface area contributed by atoms with Gasteiger partial charge in [0.15, 0.2) is 5.82 Å². The van der Waals surface area contributed by atoms with Gasteiger partial charge in [0, 0.05) is 23.8 Å². The number of hydrogen-bond donors (Lipinski definition) is 1. The molecule has 0 spiro atoms. The third-order valence-corrected chi connectivity index (χ3v) is 4.43. The Labute approximate surface area is 139 Å². The van der Waals surface area contributed by atoms with Crippen molar-refractivity contribution in [3.8, 4) is 11.4 Å². The van der Waals surface area contributed by atoms with E-state index >= 15 is 0 Å². The number of benzene rings is 1. The molecule has 1 fully saturated rings. The average molecular weight is 310 g/mol. The molecule has 3 rings (SSSR count). The van der Waals surface area contributed by atoms with Crippen molar-refractivity contribution < 1.29 is 0 Å². The Morgan fingerprint density at radius 2 is 1.70 bits per heavy atom. The maximum Gasteiger partial charge on any atom is 0.161 e. The van der Waals surface area contributed by atoms with Gasteiger partial charge in [-0.15, -0.1) is 0 Å². The quantitative estimate of drug-likeness (QED) is 0.902. The van der Waals surface area contributed by atoms with E-state index in [1.54, 1.807) is 0 Å². The predicted octanol–water partition coefficient (Wildman–Crippen LogP) is 4.12. The van der Waals surface area contributed by atoms with E-state index in [1.807, 2.05) is 12.3 Å². The van der Waals surface area contributed by atoms with Crippen LogP contribution in [0.25, 0.3) is 11.4 Å². The van der Waals surface area contributed by atoms with Gasteiger partial charge >= 0.3 is 0 Å². The lowest BCUT2D eigenvalue weighted by atomic mass is 10.0. The van der Waals surface area contributed by atoms with Crippen LogP contribution in [0.5, 0.6) is 0 Å². The minimum atomic E-state index is 0.362. The first-order valence-corrected chi connectivity index (χ1v) is 8.57. The summed E-state index contributed by atoms with van der Waals surface area (Å²) in [5.74, 6) is 1.65. The van der Waals surface area contributed by atoms with Gasteiger partial charge in [-0.1, -0.05) is 24.3 Å². The van der Waals surface area contributed by atoms with Crippen molar-refractivity contribution in [1.29, 1.82) is 0 Å². The standard InChI is InChI=1S/C19H26N4/c1-14(2)21-18-10-11-20-19(22-18)17-8-6-16(7-9-17)15(3)23-12-4-5-13-23/h6-11,14-15H,4-5,12-13H2,1-3H3,(H,20,21,22). The fourth-order valence-corrected chi connectivity index (χ4v) is 3.12. The first-order chi connectivity index (χ1) is 11.1. The summed E-state index contributed by atoms with van der Waals surface area (Å²) < 4.78 is 0. The van der Waals surface area contributed by atoms with Crippen molar-refractivity contribution in [3.63, 3.8) is 0 Å². The van der Waals surface area contributed by atoms with Crippen molar-refractivity contribution in [2.75, 3.05) is 18.4 Å². The van der Waals surface area contributed by atoms with Crippen molar-refractivity contribution >= 4 is 5.82 Å². The summed E-state index contributed by atoms with van der Waals surface area (Å²) in [6.45, 7) is 8.94. The number of nitrogens with one attached hydrogen (secondary N) is 1. The highest BCUT2D eigenvalue weighted by Crippen LogP contribution is 2.26. The molecule has 23 heavy (non-hydrogen) atoms. The molecule has 0 bridgehead atoms. The van der Waals surface area contributed by atoms with Crippen molar-refractivity contribution in [2.45, 2.75) is 45.7 Å². The Hall–Kier alpha value is -1.94. The lowest BCUT2D eigenvalue weighted by molar-refractivity contribution is 0.263. The molecule has 4 nitrogen and oxygen atoms in total. The number of hydrogen-bond acceptors (Lipinski definition) is 4. The van der Waals surface area contributed by atoms with Gasteiger partial charge in [-0.25, -0.2) is 9.97 Å². The van der Waals surface area contributed by atoms with Crippen molar-refractivity contribution in [3.05, 3.63) is 42.1 Å². The van der Waals surface area contributed by atoms with E-state index in [-0.39, 0.29) is 0 Å². The molecule has 1 saturated heterocycles. The maximum atomic E-state index is 4.60. The van der Waals surface area contributed by atoms with Crippen LogP contribution in [-0.2, 0) is 0 Å². The zero-order chi connectivity index (χ0) is 16.2. The van der Waals surface area contributed by atoms with Crippen LogP contribution in [0, 0.1) is 0 Å². The van der Waals surface area contributed by atoms with Crippen LogP contribution in [0.15, 0.2) is 36.5 Å². The highest BCUT2D eigenvalue weighted by Gasteiger charge is 2.19. The second kappa shape index (κ2) is 7.09. The summed E-state index contributed by atoms with van der Waals surface area (Å²) in [5, 5.41) is 3.32. The molecule has 0 radical (unpaired) electrons. The van der Waals surface area contributed by atoms with Gasteiger partial charge in [0.1, 0.15) is 5.82 Å². The maximum absolute atomic E-state index is 4.60. The van der Waals surface area contributed by atoms with E-state index in [0.29, 0.717) is 12.1 Å². The average Bonchev–Trinajstić information content (AvgIpc) is 3.08. The second-order valence-corrected chi connectivity index (χ2v) is 6.61. The molecular formula is C19H26N4. The van der Waals surface area contributed by atoms with Gasteiger partial charge in [-0.2, -0.15) is 0 Å². The first kappa shape index (κ1) is 15.9. The minimum Gasteiger partial charge on any atom is -0.368 e. The van der Waals surface area contributed by atoms with Crippen LogP contribution in [0.4, 0.5) is 5.82 Å². The monoisotopic (exact) mass is 310 g/mol.